The van der Waals surface area contributed by atoms with Gasteiger partial charge in [-0.3, -0.25) is 10.1 Å². The Labute approximate surface area is 120 Å². The second kappa shape index (κ2) is 7.69. The minimum Gasteiger partial charge on any atom is -0.382 e. The molecule has 0 aliphatic heterocycles. The van der Waals surface area contributed by atoms with Gasteiger partial charge in [-0.15, -0.1) is 0 Å². The molecule has 0 saturated carbocycles. The molecule has 0 amide bonds. The monoisotopic (exact) mass is 280 g/mol. The zero-order valence-corrected chi connectivity index (χ0v) is 12.6. The summed E-state index contributed by atoms with van der Waals surface area (Å²) in [5.74, 6) is 0. The van der Waals surface area contributed by atoms with Crippen LogP contribution in [0, 0.1) is 10.1 Å². The summed E-state index contributed by atoms with van der Waals surface area (Å²) in [5, 5.41) is 17.3. The predicted molar refractivity (Wildman–Crippen MR) is 83.5 cm³/mol. The molecule has 6 heteroatoms. The van der Waals surface area contributed by atoms with Gasteiger partial charge in [-0.05, 0) is 32.1 Å². The van der Waals surface area contributed by atoms with E-state index < -0.39 is 0 Å². The molecule has 0 radical (unpaired) electrons. The highest BCUT2D eigenvalue weighted by Crippen LogP contribution is 2.32. The van der Waals surface area contributed by atoms with E-state index in [2.05, 4.69) is 29.4 Å². The van der Waals surface area contributed by atoms with Crippen molar-refractivity contribution in [2.75, 3.05) is 37.3 Å². The van der Waals surface area contributed by atoms with Crippen LogP contribution in [0.2, 0.25) is 0 Å². The molecule has 1 aromatic carbocycles. The van der Waals surface area contributed by atoms with Gasteiger partial charge in [0.2, 0.25) is 0 Å². The minimum absolute atomic E-state index is 0.0985. The number of nitrogens with one attached hydrogen (secondary N) is 2. The van der Waals surface area contributed by atoms with Gasteiger partial charge < -0.3 is 15.5 Å². The number of nitro groups is 1. The highest BCUT2D eigenvalue weighted by Gasteiger charge is 2.20. The fraction of sp³-hybridized carbons (Fsp3) is 0.571. The van der Waals surface area contributed by atoms with E-state index in [4.69, 9.17) is 0 Å². The molecule has 0 aromatic heterocycles. The van der Waals surface area contributed by atoms with Crippen molar-refractivity contribution in [2.24, 2.45) is 0 Å². The third-order valence-electron chi connectivity index (χ3n) is 3.32. The Bertz CT molecular complexity index is 447. The Morgan fingerprint density at radius 1 is 1.30 bits per heavy atom. The van der Waals surface area contributed by atoms with Gasteiger partial charge in [0.15, 0.2) is 0 Å². The van der Waals surface area contributed by atoms with E-state index in [0.717, 1.165) is 19.6 Å². The third kappa shape index (κ3) is 4.09. The number of benzene rings is 1. The molecule has 20 heavy (non-hydrogen) atoms. The molecule has 0 bridgehead atoms. The van der Waals surface area contributed by atoms with Crippen LogP contribution in [0.25, 0.3) is 0 Å². The van der Waals surface area contributed by atoms with Crippen LogP contribution in [0.3, 0.4) is 0 Å². The maximum absolute atomic E-state index is 11.2. The summed E-state index contributed by atoms with van der Waals surface area (Å²) >= 11 is 0. The number of nitrogens with zero attached hydrogens (tertiary/aromatic N) is 2. The molecule has 1 atom stereocenters. The van der Waals surface area contributed by atoms with Crippen LogP contribution in [-0.2, 0) is 0 Å². The van der Waals surface area contributed by atoms with E-state index in [-0.39, 0.29) is 16.7 Å². The van der Waals surface area contributed by atoms with Crippen LogP contribution >= 0.6 is 0 Å². The molecular formula is C14H24N4O2. The van der Waals surface area contributed by atoms with Crippen molar-refractivity contribution in [1.29, 1.82) is 0 Å². The van der Waals surface area contributed by atoms with Crippen LogP contribution in [-0.4, -0.2) is 42.5 Å². The molecular weight excluding hydrogens is 256 g/mol. The lowest BCUT2D eigenvalue weighted by molar-refractivity contribution is -0.383. The van der Waals surface area contributed by atoms with Gasteiger partial charge in [0.1, 0.15) is 11.4 Å². The van der Waals surface area contributed by atoms with Crippen molar-refractivity contribution in [2.45, 2.75) is 26.8 Å². The van der Waals surface area contributed by atoms with E-state index in [1.54, 1.807) is 19.2 Å². The van der Waals surface area contributed by atoms with Crippen molar-refractivity contribution in [1.82, 2.24) is 4.90 Å². The van der Waals surface area contributed by atoms with Crippen molar-refractivity contribution >= 4 is 17.1 Å². The number of likely N-dealkylation sites (N-methyl/N-ethyl adjacent to an activating group) is 1. The number of hydrogen-bond acceptors (Lipinski definition) is 5. The molecule has 6 nitrogen and oxygen atoms in total. The highest BCUT2D eigenvalue weighted by molar-refractivity contribution is 5.76. The average molecular weight is 280 g/mol. The van der Waals surface area contributed by atoms with Crippen molar-refractivity contribution in [3.05, 3.63) is 28.3 Å². The molecule has 1 unspecified atom stereocenters. The molecule has 112 valence electrons. The van der Waals surface area contributed by atoms with Gasteiger partial charge in [0.25, 0.3) is 0 Å². The molecule has 0 saturated heterocycles. The summed E-state index contributed by atoms with van der Waals surface area (Å²) in [6.45, 7) is 9.06. The maximum Gasteiger partial charge on any atom is 0.315 e. The van der Waals surface area contributed by atoms with E-state index >= 15 is 0 Å². The Morgan fingerprint density at radius 3 is 2.40 bits per heavy atom. The zero-order chi connectivity index (χ0) is 15.1. The molecule has 1 rings (SSSR count). The molecule has 0 fully saturated rings. The normalized spacial score (nSPS) is 12.2. The first-order valence-electron chi connectivity index (χ1n) is 6.97. The number of anilines is 2. The van der Waals surface area contributed by atoms with Crippen LogP contribution < -0.4 is 10.6 Å². The topological polar surface area (TPSA) is 70.4 Å². The van der Waals surface area contributed by atoms with Crippen molar-refractivity contribution in [3.63, 3.8) is 0 Å². The van der Waals surface area contributed by atoms with Gasteiger partial charge in [-0.25, -0.2) is 0 Å². The fourth-order valence-electron chi connectivity index (χ4n) is 2.24. The second-order valence-electron chi connectivity index (χ2n) is 4.74. The lowest BCUT2D eigenvalue weighted by Crippen LogP contribution is -2.34. The Hall–Kier alpha value is -1.82. The van der Waals surface area contributed by atoms with Gasteiger partial charge in [0.05, 0.1) is 4.92 Å². The first-order valence-corrected chi connectivity index (χ1v) is 6.97. The van der Waals surface area contributed by atoms with Gasteiger partial charge in [-0.2, -0.15) is 0 Å². The van der Waals surface area contributed by atoms with Crippen molar-refractivity contribution < 1.29 is 4.92 Å². The zero-order valence-electron chi connectivity index (χ0n) is 12.6. The number of rotatable bonds is 8. The Morgan fingerprint density at radius 2 is 1.90 bits per heavy atom. The first kappa shape index (κ1) is 16.2. The van der Waals surface area contributed by atoms with Crippen LogP contribution in [0.1, 0.15) is 20.8 Å². The van der Waals surface area contributed by atoms with E-state index in [1.165, 1.54) is 0 Å². The lowest BCUT2D eigenvalue weighted by atomic mass is 10.2. The quantitative estimate of drug-likeness (QED) is 0.566. The molecule has 0 heterocycles. The van der Waals surface area contributed by atoms with E-state index in [0.29, 0.717) is 11.4 Å². The maximum atomic E-state index is 11.2. The molecule has 0 aliphatic carbocycles. The minimum atomic E-state index is -0.349. The fourth-order valence-corrected chi connectivity index (χ4v) is 2.24. The summed E-state index contributed by atoms with van der Waals surface area (Å²) in [4.78, 5) is 13.2. The summed E-state index contributed by atoms with van der Waals surface area (Å²) in [7, 11) is 1.69. The molecule has 1 aromatic rings. The SMILES string of the molecule is CCN(CC)CC(C)Nc1cccc(NC)c1[N+](=O)[O-]. The summed E-state index contributed by atoms with van der Waals surface area (Å²) in [5.41, 5.74) is 1.18. The summed E-state index contributed by atoms with van der Waals surface area (Å²) in [6, 6.07) is 5.40. The largest absolute Gasteiger partial charge is 0.382 e. The Kier molecular flexibility index (Phi) is 6.24. The Balaban J connectivity index is 2.89. The van der Waals surface area contributed by atoms with Crippen LogP contribution in [0.4, 0.5) is 17.1 Å². The number of hydrogen-bond donors (Lipinski definition) is 2. The molecule has 2 N–H and O–H groups in total. The highest BCUT2D eigenvalue weighted by atomic mass is 16.6. The first-order chi connectivity index (χ1) is 9.53. The standard InChI is InChI=1S/C14H24N4O2/c1-5-17(6-2)10-11(3)16-13-9-7-8-12(15-4)14(13)18(19)20/h7-9,11,15-16H,5-6,10H2,1-4H3. The van der Waals surface area contributed by atoms with Gasteiger partial charge in [0, 0.05) is 19.6 Å². The van der Waals surface area contributed by atoms with Crippen LogP contribution in [0.5, 0.6) is 0 Å². The molecule has 0 spiro atoms. The molecule has 0 aliphatic rings. The second-order valence-corrected chi connectivity index (χ2v) is 4.74. The van der Waals surface area contributed by atoms with Gasteiger partial charge in [-0.1, -0.05) is 19.9 Å². The summed E-state index contributed by atoms with van der Waals surface area (Å²) in [6.07, 6.45) is 0. The smallest absolute Gasteiger partial charge is 0.315 e. The van der Waals surface area contributed by atoms with Crippen molar-refractivity contribution in [3.8, 4) is 0 Å². The number of nitro benzene ring substituents is 1. The lowest BCUT2D eigenvalue weighted by Gasteiger charge is -2.24. The third-order valence-corrected chi connectivity index (χ3v) is 3.32. The predicted octanol–water partition coefficient (Wildman–Crippen LogP) is 2.78. The van der Waals surface area contributed by atoms with Crippen LogP contribution in [0.15, 0.2) is 18.2 Å². The van der Waals surface area contributed by atoms with E-state index in [1.807, 2.05) is 13.0 Å². The van der Waals surface area contributed by atoms with Gasteiger partial charge >= 0.3 is 5.69 Å². The number of para-hydroxylation sites is 1. The summed E-state index contributed by atoms with van der Waals surface area (Å²) < 4.78 is 0. The van der Waals surface area contributed by atoms with E-state index in [9.17, 15) is 10.1 Å². The average Bonchev–Trinajstić information content (AvgIpc) is 2.43.